The van der Waals surface area contributed by atoms with Crippen LogP contribution in [0.5, 0.6) is 0 Å². The minimum atomic E-state index is -0.817. The molecular weight excluding hydrogens is 248 g/mol. The van der Waals surface area contributed by atoms with E-state index in [9.17, 15) is 8.78 Å². The van der Waals surface area contributed by atoms with Crippen molar-refractivity contribution in [3.8, 4) is 0 Å². The summed E-state index contributed by atoms with van der Waals surface area (Å²) in [5.41, 5.74) is 6.32. The Morgan fingerprint density at radius 2 is 2.06 bits per heavy atom. The van der Waals surface area contributed by atoms with E-state index in [1.807, 2.05) is 0 Å². The second kappa shape index (κ2) is 4.43. The summed E-state index contributed by atoms with van der Waals surface area (Å²) >= 11 is 5.47. The number of nitrogens with zero attached hydrogens (tertiary/aromatic N) is 2. The Bertz CT molecular complexity index is 554. The van der Waals surface area contributed by atoms with Crippen LogP contribution >= 0.6 is 11.6 Å². The molecule has 0 bridgehead atoms. The molecule has 0 fully saturated rings. The molecule has 1 aromatic heterocycles. The molecule has 0 spiro atoms. The van der Waals surface area contributed by atoms with E-state index in [4.69, 9.17) is 17.3 Å². The predicted octanol–water partition coefficient (Wildman–Crippen LogP) is 2.40. The van der Waals surface area contributed by atoms with E-state index in [-0.39, 0.29) is 10.6 Å². The van der Waals surface area contributed by atoms with Gasteiger partial charge in [-0.15, -0.1) is 0 Å². The van der Waals surface area contributed by atoms with E-state index in [1.165, 1.54) is 0 Å². The van der Waals surface area contributed by atoms with Crippen molar-refractivity contribution in [2.24, 2.45) is 12.8 Å². The second-order valence-electron chi connectivity index (χ2n) is 3.68. The van der Waals surface area contributed by atoms with E-state index >= 15 is 0 Å². The lowest BCUT2D eigenvalue weighted by Crippen LogP contribution is -2.15. The van der Waals surface area contributed by atoms with Crippen LogP contribution in [0.4, 0.5) is 8.78 Å². The fourth-order valence-corrected chi connectivity index (χ4v) is 1.68. The number of nitrogens with two attached hydrogens (primary N) is 1. The molecule has 0 saturated carbocycles. The first-order valence-corrected chi connectivity index (χ1v) is 5.26. The van der Waals surface area contributed by atoms with Gasteiger partial charge in [0.15, 0.2) is 0 Å². The minimum Gasteiger partial charge on any atom is -0.319 e. The van der Waals surface area contributed by atoms with Gasteiger partial charge in [0.2, 0.25) is 0 Å². The van der Waals surface area contributed by atoms with Crippen molar-refractivity contribution in [1.82, 2.24) is 9.78 Å². The topological polar surface area (TPSA) is 43.8 Å². The highest BCUT2D eigenvalue weighted by atomic mass is 35.5. The summed E-state index contributed by atoms with van der Waals surface area (Å²) in [6.45, 7) is 0. The highest BCUT2D eigenvalue weighted by molar-refractivity contribution is 6.30. The van der Waals surface area contributed by atoms with E-state index in [1.54, 1.807) is 24.0 Å². The first-order chi connectivity index (χ1) is 7.99. The summed E-state index contributed by atoms with van der Waals surface area (Å²) in [7, 11) is 1.72. The summed E-state index contributed by atoms with van der Waals surface area (Å²) in [4.78, 5) is 0. The van der Waals surface area contributed by atoms with Crippen molar-refractivity contribution in [3.05, 3.63) is 52.3 Å². The second-order valence-corrected chi connectivity index (χ2v) is 4.09. The predicted molar refractivity (Wildman–Crippen MR) is 60.6 cm³/mol. The highest BCUT2D eigenvalue weighted by Gasteiger charge is 2.18. The molecule has 2 aromatic rings. The Kier molecular flexibility index (Phi) is 3.13. The quantitative estimate of drug-likeness (QED) is 0.840. The zero-order valence-corrected chi connectivity index (χ0v) is 9.75. The molecule has 3 nitrogen and oxygen atoms in total. The lowest BCUT2D eigenvalue weighted by molar-refractivity contribution is 0.573. The number of halogens is 3. The first kappa shape index (κ1) is 12.0. The van der Waals surface area contributed by atoms with Gasteiger partial charge in [0.1, 0.15) is 11.6 Å². The summed E-state index contributed by atoms with van der Waals surface area (Å²) < 4.78 is 28.4. The van der Waals surface area contributed by atoms with Gasteiger partial charge in [-0.2, -0.15) is 5.10 Å². The standard InChI is InChI=1S/C11H10ClF2N3/c1-17-3-2-10(16-17)11(15)6-4-9(14)7(12)5-8(6)13/h2-5,11H,15H2,1H3. The SMILES string of the molecule is Cn1ccc(C(N)c2cc(F)c(Cl)cc2F)n1. The number of rotatable bonds is 2. The summed E-state index contributed by atoms with van der Waals surface area (Å²) in [5.74, 6) is -1.34. The van der Waals surface area contributed by atoms with Gasteiger partial charge in [-0.3, -0.25) is 4.68 Å². The molecule has 0 saturated heterocycles. The molecule has 2 rings (SSSR count). The van der Waals surface area contributed by atoms with E-state index in [0.29, 0.717) is 5.69 Å². The summed E-state index contributed by atoms with van der Waals surface area (Å²) in [6.07, 6.45) is 1.68. The average molecular weight is 258 g/mol. The maximum Gasteiger partial charge on any atom is 0.142 e. The van der Waals surface area contributed by atoms with Crippen LogP contribution in [0.3, 0.4) is 0 Å². The number of benzene rings is 1. The Morgan fingerprint density at radius 1 is 1.35 bits per heavy atom. The molecular formula is C11H10ClF2N3. The van der Waals surface area contributed by atoms with E-state index < -0.39 is 17.7 Å². The monoisotopic (exact) mass is 257 g/mol. The lowest BCUT2D eigenvalue weighted by Gasteiger charge is -2.11. The van der Waals surface area contributed by atoms with Crippen LogP contribution in [0.1, 0.15) is 17.3 Å². The molecule has 6 heteroatoms. The van der Waals surface area contributed by atoms with Crippen LogP contribution in [0.2, 0.25) is 5.02 Å². The Labute approximate surface area is 102 Å². The van der Waals surface area contributed by atoms with Crippen molar-refractivity contribution >= 4 is 11.6 Å². The number of hydrogen-bond donors (Lipinski definition) is 1. The maximum absolute atomic E-state index is 13.6. The van der Waals surface area contributed by atoms with E-state index in [2.05, 4.69) is 5.10 Å². The molecule has 90 valence electrons. The third-order valence-electron chi connectivity index (χ3n) is 2.43. The van der Waals surface area contributed by atoms with Gasteiger partial charge < -0.3 is 5.73 Å². The van der Waals surface area contributed by atoms with Gasteiger partial charge in [-0.25, -0.2) is 8.78 Å². The molecule has 1 atom stereocenters. The number of aromatic nitrogens is 2. The van der Waals surface area contributed by atoms with Crippen LogP contribution < -0.4 is 5.73 Å². The molecule has 1 unspecified atom stereocenters. The minimum absolute atomic E-state index is 0.0330. The van der Waals surface area contributed by atoms with Crippen molar-refractivity contribution in [2.45, 2.75) is 6.04 Å². The average Bonchev–Trinajstić information content (AvgIpc) is 2.69. The number of hydrogen-bond acceptors (Lipinski definition) is 2. The van der Waals surface area contributed by atoms with Crippen LogP contribution in [0.25, 0.3) is 0 Å². The van der Waals surface area contributed by atoms with Crippen LogP contribution in [-0.2, 0) is 7.05 Å². The highest BCUT2D eigenvalue weighted by Crippen LogP contribution is 2.25. The molecule has 0 aliphatic heterocycles. The van der Waals surface area contributed by atoms with Gasteiger partial charge in [0.05, 0.1) is 16.8 Å². The third-order valence-corrected chi connectivity index (χ3v) is 2.72. The normalized spacial score (nSPS) is 12.8. The first-order valence-electron chi connectivity index (χ1n) is 4.88. The Morgan fingerprint density at radius 3 is 2.65 bits per heavy atom. The van der Waals surface area contributed by atoms with Gasteiger partial charge in [-0.05, 0) is 18.2 Å². The van der Waals surface area contributed by atoms with Crippen molar-refractivity contribution in [1.29, 1.82) is 0 Å². The van der Waals surface area contributed by atoms with Crippen LogP contribution in [-0.4, -0.2) is 9.78 Å². The van der Waals surface area contributed by atoms with Crippen LogP contribution in [0.15, 0.2) is 24.4 Å². The zero-order chi connectivity index (χ0) is 12.6. The molecule has 0 aliphatic carbocycles. The molecule has 1 heterocycles. The molecule has 1 aromatic carbocycles. The Hall–Kier alpha value is -1.46. The van der Waals surface area contributed by atoms with Crippen LogP contribution in [0, 0.1) is 11.6 Å². The largest absolute Gasteiger partial charge is 0.319 e. The smallest absolute Gasteiger partial charge is 0.142 e. The third kappa shape index (κ3) is 2.30. The van der Waals surface area contributed by atoms with Gasteiger partial charge in [-0.1, -0.05) is 11.6 Å². The molecule has 17 heavy (non-hydrogen) atoms. The van der Waals surface area contributed by atoms with Crippen molar-refractivity contribution in [2.75, 3.05) is 0 Å². The molecule has 2 N–H and O–H groups in total. The molecule has 0 radical (unpaired) electrons. The van der Waals surface area contributed by atoms with Crippen molar-refractivity contribution in [3.63, 3.8) is 0 Å². The summed E-state index contributed by atoms with van der Waals surface area (Å²) in [5, 5.41) is 3.79. The maximum atomic E-state index is 13.6. The Balaban J connectivity index is 2.43. The van der Waals surface area contributed by atoms with Gasteiger partial charge >= 0.3 is 0 Å². The fraction of sp³-hybridized carbons (Fsp3) is 0.182. The zero-order valence-electron chi connectivity index (χ0n) is 8.99. The van der Waals surface area contributed by atoms with Gasteiger partial charge in [0.25, 0.3) is 0 Å². The summed E-state index contributed by atoms with van der Waals surface area (Å²) in [6, 6.07) is 2.74. The fourth-order valence-electron chi connectivity index (χ4n) is 1.53. The molecule has 0 amide bonds. The molecule has 0 aliphatic rings. The van der Waals surface area contributed by atoms with Gasteiger partial charge in [0, 0.05) is 18.8 Å². The van der Waals surface area contributed by atoms with E-state index in [0.717, 1.165) is 12.1 Å². The number of aryl methyl sites for hydroxylation is 1. The lowest BCUT2D eigenvalue weighted by atomic mass is 10.0. The van der Waals surface area contributed by atoms with Crippen molar-refractivity contribution < 1.29 is 8.78 Å².